The van der Waals surface area contributed by atoms with E-state index >= 15 is 0 Å². The number of aromatic nitrogens is 2. The number of aryl methyl sites for hydroxylation is 1. The fourth-order valence-electron chi connectivity index (χ4n) is 2.72. The summed E-state index contributed by atoms with van der Waals surface area (Å²) in [4.78, 5) is 40.3. The van der Waals surface area contributed by atoms with E-state index in [0.29, 0.717) is 23.1 Å². The van der Waals surface area contributed by atoms with Crippen LogP contribution < -0.4 is 16.3 Å². The van der Waals surface area contributed by atoms with Crippen molar-refractivity contribution in [3.63, 3.8) is 0 Å². The summed E-state index contributed by atoms with van der Waals surface area (Å²) in [5, 5.41) is 2.77. The summed E-state index contributed by atoms with van der Waals surface area (Å²) in [5.41, 5.74) is 1.34. The Bertz CT molecular complexity index is 828. The normalized spacial score (nSPS) is 18.8. The van der Waals surface area contributed by atoms with Gasteiger partial charge in [0.2, 0.25) is 11.8 Å². The van der Waals surface area contributed by atoms with E-state index in [2.05, 4.69) is 10.3 Å². The smallest absolute Gasteiger partial charge is 0.262 e. The minimum Gasteiger partial charge on any atom is -0.295 e. The number of hydrogen-bond donors (Lipinski definition) is 1. The molecule has 2 heterocycles. The Kier molecular flexibility index (Phi) is 3.12. The quantitative estimate of drug-likeness (QED) is 0.534. The van der Waals surface area contributed by atoms with Gasteiger partial charge in [0.15, 0.2) is 0 Å². The van der Waals surface area contributed by atoms with Gasteiger partial charge in [-0.1, -0.05) is 17.6 Å². The predicted molar refractivity (Wildman–Crippen MR) is 80.3 cm³/mol. The number of nitrogens with zero attached hydrogens (tertiary/aromatic N) is 2. The molecule has 1 N–H and O–H groups in total. The molecule has 0 radical (unpaired) electrons. The Balaban J connectivity index is 2.21. The molecule has 2 aromatic rings. The van der Waals surface area contributed by atoms with Crippen LogP contribution in [0.25, 0.3) is 10.9 Å². The Morgan fingerprint density at radius 3 is 2.81 bits per heavy atom. The number of hydrogen-bond acceptors (Lipinski definition) is 4. The van der Waals surface area contributed by atoms with Crippen LogP contribution in [-0.4, -0.2) is 29.2 Å². The van der Waals surface area contributed by atoms with Crippen molar-refractivity contribution in [3.8, 4) is 0 Å². The van der Waals surface area contributed by atoms with Gasteiger partial charge in [0.1, 0.15) is 19.7 Å². The minimum atomic E-state index is -0.674. The van der Waals surface area contributed by atoms with E-state index in [1.807, 2.05) is 13.9 Å². The van der Waals surface area contributed by atoms with Gasteiger partial charge in [-0.3, -0.25) is 24.3 Å². The number of amides is 2. The Labute approximate surface area is 121 Å². The number of rotatable bonds is 1. The maximum Gasteiger partial charge on any atom is 0.262 e. The first-order chi connectivity index (χ1) is 9.97. The van der Waals surface area contributed by atoms with Gasteiger partial charge >= 0.3 is 0 Å². The highest BCUT2D eigenvalue weighted by Crippen LogP contribution is 2.19. The maximum absolute atomic E-state index is 12.7. The van der Waals surface area contributed by atoms with Gasteiger partial charge in [0, 0.05) is 6.42 Å². The summed E-state index contributed by atoms with van der Waals surface area (Å²) >= 11 is 0. The van der Waals surface area contributed by atoms with Crippen LogP contribution in [0.5, 0.6) is 0 Å². The summed E-state index contributed by atoms with van der Waals surface area (Å²) < 4.78 is 1.39. The van der Waals surface area contributed by atoms with Gasteiger partial charge in [0.05, 0.1) is 10.9 Å². The number of benzene rings is 1. The molecule has 1 aliphatic rings. The Hall–Kier alpha value is -2.44. The molecule has 1 aromatic carbocycles. The lowest BCUT2D eigenvalue weighted by molar-refractivity contribution is -0.135. The van der Waals surface area contributed by atoms with Crippen LogP contribution in [0.15, 0.2) is 23.0 Å². The van der Waals surface area contributed by atoms with Gasteiger partial charge in [-0.15, -0.1) is 0 Å². The van der Waals surface area contributed by atoms with Gasteiger partial charge in [-0.05, 0) is 19.4 Å². The van der Waals surface area contributed by atoms with Crippen LogP contribution >= 0.6 is 0 Å². The van der Waals surface area contributed by atoms with E-state index in [4.69, 9.17) is 0 Å². The number of piperidine rings is 1. The molecule has 0 spiro atoms. The summed E-state index contributed by atoms with van der Waals surface area (Å²) in [6.45, 7) is 1.70. The topological polar surface area (TPSA) is 81.1 Å². The van der Waals surface area contributed by atoms with Crippen molar-refractivity contribution in [2.75, 3.05) is 0 Å². The first kappa shape index (κ1) is 13.5. The zero-order valence-corrected chi connectivity index (χ0v) is 11.8. The van der Waals surface area contributed by atoms with Crippen molar-refractivity contribution in [2.45, 2.75) is 25.8 Å². The van der Waals surface area contributed by atoms with Crippen LogP contribution in [0.1, 0.15) is 24.7 Å². The monoisotopic (exact) mass is 283 g/mol. The van der Waals surface area contributed by atoms with Crippen LogP contribution in [-0.2, 0) is 9.59 Å². The largest absolute Gasteiger partial charge is 0.295 e. The lowest BCUT2D eigenvalue weighted by Crippen LogP contribution is -2.45. The standard InChI is InChI=1S/C14H14BN3O3/c1-7-16-10-3-2-8(15)6-9(10)14(21)18(7)11-4-5-12(19)17-13(11)20/h2-3,6,11H,4-5,15H2,1H3,(H,17,19,20). The molecule has 1 fully saturated rings. The number of nitrogens with one attached hydrogen (secondary N) is 1. The number of carbonyl (C=O) groups is 2. The van der Waals surface area contributed by atoms with Gasteiger partial charge in [-0.25, -0.2) is 4.98 Å². The highest BCUT2D eigenvalue weighted by Gasteiger charge is 2.30. The molecular formula is C14H14BN3O3. The number of fused-ring (bicyclic) bond motifs is 1. The van der Waals surface area contributed by atoms with Gasteiger partial charge < -0.3 is 0 Å². The number of imide groups is 1. The second-order valence-corrected chi connectivity index (χ2v) is 5.32. The maximum atomic E-state index is 12.7. The molecular weight excluding hydrogens is 269 g/mol. The van der Waals surface area contributed by atoms with E-state index < -0.39 is 11.9 Å². The lowest BCUT2D eigenvalue weighted by Gasteiger charge is -2.24. The molecule has 1 aliphatic heterocycles. The molecule has 21 heavy (non-hydrogen) atoms. The van der Waals surface area contributed by atoms with E-state index in [-0.39, 0.29) is 17.9 Å². The molecule has 0 bridgehead atoms. The summed E-state index contributed by atoms with van der Waals surface area (Å²) in [5.74, 6) is -0.261. The zero-order valence-electron chi connectivity index (χ0n) is 11.8. The van der Waals surface area contributed by atoms with Crippen molar-refractivity contribution in [3.05, 3.63) is 34.4 Å². The van der Waals surface area contributed by atoms with Crippen molar-refractivity contribution in [1.29, 1.82) is 0 Å². The summed E-state index contributed by atoms with van der Waals surface area (Å²) in [6, 6.07) is 4.79. The van der Waals surface area contributed by atoms with Gasteiger partial charge in [0.25, 0.3) is 5.56 Å². The highest BCUT2D eigenvalue weighted by molar-refractivity contribution is 6.33. The fourth-order valence-corrected chi connectivity index (χ4v) is 2.72. The molecule has 0 aliphatic carbocycles. The average Bonchev–Trinajstić information content (AvgIpc) is 2.42. The third kappa shape index (κ3) is 2.24. The third-order valence-corrected chi connectivity index (χ3v) is 3.75. The molecule has 106 valence electrons. The number of carbonyl (C=O) groups excluding carboxylic acids is 2. The molecule has 1 aromatic heterocycles. The van der Waals surface area contributed by atoms with Gasteiger partial charge in [-0.2, -0.15) is 0 Å². The highest BCUT2D eigenvalue weighted by atomic mass is 16.2. The zero-order chi connectivity index (χ0) is 15.1. The van der Waals surface area contributed by atoms with Crippen molar-refractivity contribution in [2.24, 2.45) is 0 Å². The second kappa shape index (κ2) is 4.84. The molecule has 0 saturated carbocycles. The first-order valence-corrected chi connectivity index (χ1v) is 6.80. The predicted octanol–water partition coefficient (Wildman–Crippen LogP) is -1.06. The van der Waals surface area contributed by atoms with Crippen LogP contribution in [0.3, 0.4) is 0 Å². The van der Waals surface area contributed by atoms with E-state index in [9.17, 15) is 14.4 Å². The molecule has 6 nitrogen and oxygen atoms in total. The molecule has 2 amide bonds. The molecule has 7 heteroatoms. The van der Waals surface area contributed by atoms with E-state index in [0.717, 1.165) is 5.46 Å². The Morgan fingerprint density at radius 1 is 1.33 bits per heavy atom. The molecule has 3 rings (SSSR count). The minimum absolute atomic E-state index is 0.230. The van der Waals surface area contributed by atoms with Crippen LogP contribution in [0.4, 0.5) is 0 Å². The molecule has 1 atom stereocenters. The average molecular weight is 283 g/mol. The van der Waals surface area contributed by atoms with E-state index in [1.165, 1.54) is 4.57 Å². The van der Waals surface area contributed by atoms with Crippen molar-refractivity contribution in [1.82, 2.24) is 14.9 Å². The fraction of sp³-hybridized carbons (Fsp3) is 0.286. The molecule has 1 unspecified atom stereocenters. The van der Waals surface area contributed by atoms with Crippen molar-refractivity contribution < 1.29 is 9.59 Å². The lowest BCUT2D eigenvalue weighted by atomic mass is 9.95. The third-order valence-electron chi connectivity index (χ3n) is 3.75. The first-order valence-electron chi connectivity index (χ1n) is 6.80. The second-order valence-electron chi connectivity index (χ2n) is 5.32. The summed E-state index contributed by atoms with van der Waals surface area (Å²) in [7, 11) is 1.90. The van der Waals surface area contributed by atoms with Crippen molar-refractivity contribution >= 4 is 36.0 Å². The summed E-state index contributed by atoms with van der Waals surface area (Å²) in [6.07, 6.45) is 0.554. The SMILES string of the molecule is Bc1ccc2nc(C)n(C3CCC(=O)NC3=O)c(=O)c2c1. The molecule has 1 saturated heterocycles. The van der Waals surface area contributed by atoms with Crippen LogP contribution in [0, 0.1) is 6.92 Å². The van der Waals surface area contributed by atoms with Crippen LogP contribution in [0.2, 0.25) is 0 Å². The Morgan fingerprint density at radius 2 is 2.10 bits per heavy atom. The van der Waals surface area contributed by atoms with E-state index in [1.54, 1.807) is 19.1 Å².